The minimum absolute atomic E-state index is 0.0873. The summed E-state index contributed by atoms with van der Waals surface area (Å²) >= 11 is 0. The average Bonchev–Trinajstić information content (AvgIpc) is 2.53. The molecule has 0 heterocycles. The van der Waals surface area contributed by atoms with Gasteiger partial charge in [0, 0.05) is 13.5 Å². The highest BCUT2D eigenvalue weighted by Gasteiger charge is 2.25. The molecular formula is C18H39NO7P+. The summed E-state index contributed by atoms with van der Waals surface area (Å²) in [5.41, 5.74) is 0. The second kappa shape index (κ2) is 14.5. The molecule has 0 radical (unpaired) electrons. The van der Waals surface area contributed by atoms with Crippen LogP contribution < -0.4 is 0 Å². The summed E-state index contributed by atoms with van der Waals surface area (Å²) < 4.78 is 33.0. The molecule has 0 aromatic rings. The maximum Gasteiger partial charge on any atom is 0.472 e. The normalized spacial score (nSPS) is 15.3. The first-order chi connectivity index (χ1) is 12.6. The lowest BCUT2D eigenvalue weighted by molar-refractivity contribution is -0.870. The zero-order valence-electron chi connectivity index (χ0n) is 17.6. The van der Waals surface area contributed by atoms with Gasteiger partial charge in [0.05, 0.1) is 34.4 Å². The Morgan fingerprint density at radius 2 is 1.63 bits per heavy atom. The zero-order chi connectivity index (χ0) is 20.8. The minimum Gasteiger partial charge on any atom is -0.458 e. The Bertz CT molecular complexity index is 440. The zero-order valence-corrected chi connectivity index (χ0v) is 18.5. The second-order valence-corrected chi connectivity index (χ2v) is 9.14. The fraction of sp³-hybridized carbons (Fsp3) is 0.944. The van der Waals surface area contributed by atoms with Gasteiger partial charge in [-0.3, -0.25) is 13.8 Å². The van der Waals surface area contributed by atoms with Crippen molar-refractivity contribution in [1.29, 1.82) is 0 Å². The van der Waals surface area contributed by atoms with Crippen LogP contribution in [0.3, 0.4) is 0 Å². The largest absolute Gasteiger partial charge is 0.472 e. The van der Waals surface area contributed by atoms with E-state index in [1.165, 1.54) is 32.6 Å². The van der Waals surface area contributed by atoms with E-state index >= 15 is 0 Å². The number of esters is 1. The number of quaternary nitrogens is 1. The van der Waals surface area contributed by atoms with Crippen molar-refractivity contribution in [3.8, 4) is 0 Å². The molecule has 27 heavy (non-hydrogen) atoms. The van der Waals surface area contributed by atoms with E-state index in [1.54, 1.807) is 0 Å². The van der Waals surface area contributed by atoms with E-state index in [0.717, 1.165) is 12.8 Å². The third-order valence-electron chi connectivity index (χ3n) is 3.72. The SMILES string of the molecule is CCCCCCCCOC[C@H](COP(=O)(O)OCC[N+](C)(C)C)OC(C)=O. The fourth-order valence-electron chi connectivity index (χ4n) is 2.19. The molecule has 8 nitrogen and oxygen atoms in total. The number of carbonyl (C=O) groups excluding carboxylic acids is 1. The van der Waals surface area contributed by atoms with Crippen LogP contribution in [-0.4, -0.2) is 75.6 Å². The standard InChI is InChI=1S/C18H38NO7P/c1-6-7-8-9-10-11-13-23-15-18(26-17(2)20)16-25-27(21,22)24-14-12-19(3,4)5/h18H,6-16H2,1-5H3/p+1/t18-/m1/s1. The van der Waals surface area contributed by atoms with Gasteiger partial charge in [-0.1, -0.05) is 39.0 Å². The van der Waals surface area contributed by atoms with Gasteiger partial charge < -0.3 is 18.9 Å². The van der Waals surface area contributed by atoms with E-state index in [0.29, 0.717) is 17.6 Å². The number of nitrogens with zero attached hydrogens (tertiary/aromatic N) is 1. The Labute approximate surface area is 164 Å². The molecule has 0 aromatic heterocycles. The molecule has 9 heteroatoms. The fourth-order valence-corrected chi connectivity index (χ4v) is 2.94. The molecular weight excluding hydrogens is 373 g/mol. The van der Waals surface area contributed by atoms with Crippen molar-refractivity contribution in [3.63, 3.8) is 0 Å². The number of phosphoric ester groups is 1. The van der Waals surface area contributed by atoms with E-state index in [1.807, 2.05) is 21.1 Å². The Hall–Kier alpha value is -0.500. The van der Waals surface area contributed by atoms with Crippen molar-refractivity contribution in [3.05, 3.63) is 0 Å². The second-order valence-electron chi connectivity index (χ2n) is 7.69. The van der Waals surface area contributed by atoms with Crippen LogP contribution in [0.25, 0.3) is 0 Å². The van der Waals surface area contributed by atoms with Gasteiger partial charge in [-0.2, -0.15) is 0 Å². The van der Waals surface area contributed by atoms with Gasteiger partial charge in [0.1, 0.15) is 19.3 Å². The van der Waals surface area contributed by atoms with Gasteiger partial charge in [0.25, 0.3) is 0 Å². The molecule has 0 rings (SSSR count). The lowest BCUT2D eigenvalue weighted by Gasteiger charge is -2.24. The van der Waals surface area contributed by atoms with Crippen LogP contribution >= 0.6 is 7.82 Å². The molecule has 0 spiro atoms. The summed E-state index contributed by atoms with van der Waals surface area (Å²) in [7, 11) is 1.65. The molecule has 0 aliphatic rings. The van der Waals surface area contributed by atoms with Crippen molar-refractivity contribution in [1.82, 2.24) is 0 Å². The van der Waals surface area contributed by atoms with Gasteiger partial charge in [0.15, 0.2) is 0 Å². The monoisotopic (exact) mass is 412 g/mol. The van der Waals surface area contributed by atoms with Gasteiger partial charge in [-0.25, -0.2) is 4.57 Å². The van der Waals surface area contributed by atoms with E-state index in [9.17, 15) is 14.3 Å². The van der Waals surface area contributed by atoms with Crippen LogP contribution in [0.5, 0.6) is 0 Å². The van der Waals surface area contributed by atoms with Gasteiger partial charge >= 0.3 is 13.8 Å². The molecule has 0 bridgehead atoms. The summed E-state index contributed by atoms with van der Waals surface area (Å²) in [6.45, 7) is 4.52. The molecule has 1 unspecified atom stereocenters. The summed E-state index contributed by atoms with van der Waals surface area (Å²) in [6.07, 6.45) is 6.18. The van der Waals surface area contributed by atoms with Crippen LogP contribution in [0.1, 0.15) is 52.4 Å². The summed E-state index contributed by atoms with van der Waals surface area (Å²) in [5.74, 6) is -0.495. The minimum atomic E-state index is -4.19. The summed E-state index contributed by atoms with van der Waals surface area (Å²) in [6, 6.07) is 0. The predicted molar refractivity (Wildman–Crippen MR) is 104 cm³/mol. The molecule has 0 aromatic carbocycles. The number of hydrogen-bond donors (Lipinski definition) is 1. The third kappa shape index (κ3) is 18.6. The highest BCUT2D eigenvalue weighted by molar-refractivity contribution is 7.47. The molecule has 0 saturated carbocycles. The first kappa shape index (κ1) is 26.5. The number of hydrogen-bond acceptors (Lipinski definition) is 6. The number of phosphoric acid groups is 1. The van der Waals surface area contributed by atoms with Crippen molar-refractivity contribution < 1.29 is 37.3 Å². The van der Waals surface area contributed by atoms with E-state index in [4.69, 9.17) is 18.5 Å². The smallest absolute Gasteiger partial charge is 0.458 e. The Morgan fingerprint density at radius 3 is 2.22 bits per heavy atom. The number of likely N-dealkylation sites (N-methyl/N-ethyl adjacent to an activating group) is 1. The quantitative estimate of drug-likeness (QED) is 0.170. The highest BCUT2D eigenvalue weighted by Crippen LogP contribution is 2.43. The predicted octanol–water partition coefficient (Wildman–Crippen LogP) is 3.14. The first-order valence-corrected chi connectivity index (χ1v) is 11.2. The number of carbonyl (C=O) groups is 1. The van der Waals surface area contributed by atoms with Crippen molar-refractivity contribution in [2.24, 2.45) is 0 Å². The van der Waals surface area contributed by atoms with Crippen LogP contribution in [0.2, 0.25) is 0 Å². The maximum absolute atomic E-state index is 11.9. The Balaban J connectivity index is 4.10. The molecule has 0 saturated heterocycles. The molecule has 2 atom stereocenters. The lowest BCUT2D eigenvalue weighted by atomic mass is 10.1. The molecule has 1 N–H and O–H groups in total. The topological polar surface area (TPSA) is 91.3 Å². The molecule has 162 valence electrons. The number of rotatable bonds is 17. The summed E-state index contributed by atoms with van der Waals surface area (Å²) in [4.78, 5) is 20.9. The van der Waals surface area contributed by atoms with Crippen LogP contribution in [0, 0.1) is 0 Å². The molecule has 0 amide bonds. The van der Waals surface area contributed by atoms with Crippen molar-refractivity contribution in [2.45, 2.75) is 58.5 Å². The van der Waals surface area contributed by atoms with Gasteiger partial charge in [-0.15, -0.1) is 0 Å². The van der Waals surface area contributed by atoms with E-state index in [-0.39, 0.29) is 19.8 Å². The molecule has 0 aliphatic carbocycles. The first-order valence-electron chi connectivity index (χ1n) is 9.73. The Kier molecular flexibility index (Phi) is 14.2. The number of unbranched alkanes of at least 4 members (excludes halogenated alkanes) is 5. The van der Waals surface area contributed by atoms with E-state index < -0.39 is 19.9 Å². The van der Waals surface area contributed by atoms with Gasteiger partial charge in [-0.05, 0) is 6.42 Å². The van der Waals surface area contributed by atoms with Gasteiger partial charge in [0.2, 0.25) is 0 Å². The molecule has 0 aliphatic heterocycles. The third-order valence-corrected chi connectivity index (χ3v) is 4.70. The average molecular weight is 412 g/mol. The number of ether oxygens (including phenoxy) is 2. The summed E-state index contributed by atoms with van der Waals surface area (Å²) in [5, 5.41) is 0. The lowest BCUT2D eigenvalue weighted by Crippen LogP contribution is -2.37. The molecule has 0 fully saturated rings. The van der Waals surface area contributed by atoms with Crippen molar-refractivity contribution >= 4 is 13.8 Å². The highest BCUT2D eigenvalue weighted by atomic mass is 31.2. The van der Waals surface area contributed by atoms with Crippen LogP contribution in [0.15, 0.2) is 0 Å². The maximum atomic E-state index is 11.9. The van der Waals surface area contributed by atoms with Crippen LogP contribution in [0.4, 0.5) is 0 Å². The van der Waals surface area contributed by atoms with E-state index in [2.05, 4.69) is 6.92 Å². The van der Waals surface area contributed by atoms with Crippen LogP contribution in [-0.2, 0) is 27.9 Å². The Morgan fingerprint density at radius 1 is 1.00 bits per heavy atom. The van der Waals surface area contributed by atoms with Crippen molar-refractivity contribution in [2.75, 3.05) is 54.1 Å².